The number of hydrogen-bond acceptors (Lipinski definition) is 4. The first-order chi connectivity index (χ1) is 8.58. The Hall–Kier alpha value is 0.230. The molecule has 1 saturated carbocycles. The lowest BCUT2D eigenvalue weighted by atomic mass is 9.59. The van der Waals surface area contributed by atoms with E-state index >= 15 is 0 Å². The van der Waals surface area contributed by atoms with Crippen molar-refractivity contribution in [3.8, 4) is 0 Å². The molecule has 0 bridgehead atoms. The van der Waals surface area contributed by atoms with E-state index in [1.807, 2.05) is 0 Å². The molecule has 4 heteroatoms. The van der Waals surface area contributed by atoms with Crippen LogP contribution < -0.4 is 5.73 Å². The summed E-state index contributed by atoms with van der Waals surface area (Å²) in [5.41, 5.74) is 6.73. The molecule has 18 heavy (non-hydrogen) atoms. The summed E-state index contributed by atoms with van der Waals surface area (Å²) in [6.07, 6.45) is 6.94. The highest BCUT2D eigenvalue weighted by atomic mass is 32.1. The van der Waals surface area contributed by atoms with Crippen LogP contribution in [-0.4, -0.2) is 29.3 Å². The average Bonchev–Trinajstić information content (AvgIpc) is 2.39. The molecule has 1 aliphatic heterocycles. The first kappa shape index (κ1) is 14.6. The molecule has 1 aliphatic carbocycles. The third-order valence-electron chi connectivity index (χ3n) is 5.14. The number of aliphatic hydroxyl groups is 1. The molecule has 0 aromatic heterocycles. The Labute approximate surface area is 116 Å². The van der Waals surface area contributed by atoms with E-state index < -0.39 is 0 Å². The number of nitrogens with two attached hydrogens (primary N) is 1. The van der Waals surface area contributed by atoms with E-state index in [9.17, 15) is 5.11 Å². The lowest BCUT2D eigenvalue weighted by Gasteiger charge is -2.50. The Morgan fingerprint density at radius 3 is 2.61 bits per heavy atom. The summed E-state index contributed by atoms with van der Waals surface area (Å²) in [5.74, 6) is 0.608. The molecular weight excluding hydrogens is 246 g/mol. The van der Waals surface area contributed by atoms with Crippen LogP contribution in [0, 0.1) is 11.3 Å². The minimum atomic E-state index is -0.117. The van der Waals surface area contributed by atoms with E-state index in [1.165, 1.54) is 0 Å². The van der Waals surface area contributed by atoms with Crippen molar-refractivity contribution in [3.05, 3.63) is 0 Å². The molecule has 3 atom stereocenters. The van der Waals surface area contributed by atoms with Gasteiger partial charge in [-0.3, -0.25) is 0 Å². The van der Waals surface area contributed by atoms with Crippen molar-refractivity contribution in [1.82, 2.24) is 0 Å². The van der Waals surface area contributed by atoms with Crippen LogP contribution in [0.15, 0.2) is 0 Å². The summed E-state index contributed by atoms with van der Waals surface area (Å²) in [4.78, 5) is 0. The molecule has 3 nitrogen and oxygen atoms in total. The third kappa shape index (κ3) is 2.87. The fraction of sp³-hybridized carbons (Fsp3) is 1.00. The Balaban J connectivity index is 2.13. The topological polar surface area (TPSA) is 55.5 Å². The van der Waals surface area contributed by atoms with Crippen molar-refractivity contribution in [2.45, 2.75) is 69.5 Å². The molecule has 3 unspecified atom stereocenters. The number of rotatable bonds is 3. The fourth-order valence-electron chi connectivity index (χ4n) is 3.93. The zero-order valence-electron chi connectivity index (χ0n) is 11.3. The van der Waals surface area contributed by atoms with Gasteiger partial charge in [0.2, 0.25) is 0 Å². The van der Waals surface area contributed by atoms with Gasteiger partial charge in [-0.05, 0) is 56.3 Å². The largest absolute Gasteiger partial charge is 0.393 e. The van der Waals surface area contributed by atoms with Gasteiger partial charge in [0.15, 0.2) is 0 Å². The number of aliphatic hydroxyl groups excluding tert-OH is 1. The van der Waals surface area contributed by atoms with Gasteiger partial charge in [-0.1, -0.05) is 6.92 Å². The van der Waals surface area contributed by atoms with Gasteiger partial charge in [-0.2, -0.15) is 0 Å². The quantitative estimate of drug-likeness (QED) is 0.692. The normalized spacial score (nSPS) is 43.7. The van der Waals surface area contributed by atoms with E-state index in [2.05, 4.69) is 19.6 Å². The summed E-state index contributed by atoms with van der Waals surface area (Å²) < 4.78 is 5.55. The summed E-state index contributed by atoms with van der Waals surface area (Å²) in [6, 6.07) is 0.244. The van der Waals surface area contributed by atoms with E-state index in [-0.39, 0.29) is 23.0 Å². The zero-order chi connectivity index (χ0) is 13.2. The van der Waals surface area contributed by atoms with Gasteiger partial charge < -0.3 is 15.6 Å². The molecule has 2 aliphatic rings. The number of hydrogen-bond donors (Lipinski definition) is 3. The fourth-order valence-corrected chi connectivity index (χ4v) is 4.29. The Morgan fingerprint density at radius 1 is 1.39 bits per heavy atom. The van der Waals surface area contributed by atoms with Gasteiger partial charge in [0.25, 0.3) is 0 Å². The van der Waals surface area contributed by atoms with Crippen LogP contribution in [0.4, 0.5) is 0 Å². The maximum atomic E-state index is 9.77. The molecule has 1 heterocycles. The summed E-state index contributed by atoms with van der Waals surface area (Å²) in [7, 11) is 0. The van der Waals surface area contributed by atoms with Gasteiger partial charge in [-0.25, -0.2) is 0 Å². The molecule has 0 spiro atoms. The second-order valence-corrected chi connectivity index (χ2v) is 6.60. The molecule has 0 amide bonds. The minimum absolute atomic E-state index is 0.0662. The van der Waals surface area contributed by atoms with Crippen molar-refractivity contribution in [3.63, 3.8) is 0 Å². The lowest BCUT2D eigenvalue weighted by Crippen LogP contribution is -2.51. The SMILES string of the molecule is CCC(N)C1(C2CCOC(S)C2)CCC(O)CC1. The highest BCUT2D eigenvalue weighted by molar-refractivity contribution is 7.80. The maximum Gasteiger partial charge on any atom is 0.100 e. The molecule has 0 radical (unpaired) electrons. The molecular formula is C14H27NO2S. The van der Waals surface area contributed by atoms with Gasteiger partial charge in [0.1, 0.15) is 5.44 Å². The van der Waals surface area contributed by atoms with Gasteiger partial charge in [-0.15, -0.1) is 12.6 Å². The van der Waals surface area contributed by atoms with Gasteiger partial charge >= 0.3 is 0 Å². The molecule has 2 fully saturated rings. The summed E-state index contributed by atoms with van der Waals surface area (Å²) >= 11 is 4.48. The van der Waals surface area contributed by atoms with E-state index in [1.54, 1.807) is 0 Å². The van der Waals surface area contributed by atoms with Gasteiger partial charge in [0.05, 0.1) is 6.10 Å². The number of ether oxygens (including phenoxy) is 1. The van der Waals surface area contributed by atoms with Crippen molar-refractivity contribution in [1.29, 1.82) is 0 Å². The average molecular weight is 273 g/mol. The first-order valence-electron chi connectivity index (χ1n) is 7.32. The Kier molecular flexibility index (Phi) is 4.98. The molecule has 0 aromatic rings. The molecule has 0 aromatic carbocycles. The monoisotopic (exact) mass is 273 g/mol. The second kappa shape index (κ2) is 6.12. The predicted molar refractivity (Wildman–Crippen MR) is 76.6 cm³/mol. The summed E-state index contributed by atoms with van der Waals surface area (Å²) in [5, 5.41) is 9.77. The molecule has 3 N–H and O–H groups in total. The van der Waals surface area contributed by atoms with Crippen LogP contribution in [0.3, 0.4) is 0 Å². The Bertz CT molecular complexity index is 267. The second-order valence-electron chi connectivity index (χ2n) is 6.03. The van der Waals surface area contributed by atoms with Crippen molar-refractivity contribution in [2.24, 2.45) is 17.1 Å². The minimum Gasteiger partial charge on any atom is -0.393 e. The summed E-state index contributed by atoms with van der Waals surface area (Å²) in [6.45, 7) is 2.98. The molecule has 2 rings (SSSR count). The van der Waals surface area contributed by atoms with Crippen LogP contribution in [0.2, 0.25) is 0 Å². The van der Waals surface area contributed by atoms with Crippen molar-refractivity contribution >= 4 is 12.6 Å². The molecule has 106 valence electrons. The smallest absolute Gasteiger partial charge is 0.100 e. The zero-order valence-corrected chi connectivity index (χ0v) is 12.2. The maximum absolute atomic E-state index is 9.77. The van der Waals surface area contributed by atoms with Crippen molar-refractivity contribution < 1.29 is 9.84 Å². The van der Waals surface area contributed by atoms with Crippen LogP contribution in [0.1, 0.15) is 51.9 Å². The molecule has 1 saturated heterocycles. The van der Waals surface area contributed by atoms with E-state index in [0.717, 1.165) is 51.6 Å². The third-order valence-corrected chi connectivity index (χ3v) is 5.50. The highest BCUT2D eigenvalue weighted by Crippen LogP contribution is 2.50. The van der Waals surface area contributed by atoms with E-state index in [4.69, 9.17) is 10.5 Å². The van der Waals surface area contributed by atoms with Gasteiger partial charge in [0, 0.05) is 12.6 Å². The lowest BCUT2D eigenvalue weighted by molar-refractivity contribution is -0.0517. The number of thiol groups is 1. The van der Waals surface area contributed by atoms with Crippen LogP contribution in [-0.2, 0) is 4.74 Å². The Morgan fingerprint density at radius 2 is 2.06 bits per heavy atom. The standard InChI is InChI=1S/C14H27NO2S/c1-2-12(15)14(6-3-11(16)4-7-14)10-5-8-17-13(18)9-10/h10-13,16,18H,2-9,15H2,1H3. The van der Waals surface area contributed by atoms with Crippen LogP contribution in [0.25, 0.3) is 0 Å². The van der Waals surface area contributed by atoms with Crippen LogP contribution >= 0.6 is 12.6 Å². The van der Waals surface area contributed by atoms with Crippen molar-refractivity contribution in [2.75, 3.05) is 6.61 Å². The first-order valence-corrected chi connectivity index (χ1v) is 7.83. The predicted octanol–water partition coefficient (Wildman–Crippen LogP) is 2.33. The highest BCUT2D eigenvalue weighted by Gasteiger charge is 2.46. The van der Waals surface area contributed by atoms with E-state index in [0.29, 0.717) is 5.92 Å². The van der Waals surface area contributed by atoms with Crippen LogP contribution in [0.5, 0.6) is 0 Å².